The maximum absolute atomic E-state index is 14.4. The lowest BCUT2D eigenvalue weighted by atomic mass is 10.1. The van der Waals surface area contributed by atoms with Crippen LogP contribution in [0, 0.1) is 11.6 Å². The smallest absolute Gasteiger partial charge is 0.136 e. The number of nitrogens with one attached hydrogen (secondary N) is 2. The second-order valence-corrected chi connectivity index (χ2v) is 6.11. The van der Waals surface area contributed by atoms with Crippen molar-refractivity contribution in [2.24, 2.45) is 4.99 Å². The van der Waals surface area contributed by atoms with E-state index in [4.69, 9.17) is 0 Å². The van der Waals surface area contributed by atoms with Gasteiger partial charge >= 0.3 is 0 Å². The molecular formula is C19H16F2N4. The van der Waals surface area contributed by atoms with Gasteiger partial charge in [-0.15, -0.1) is 0 Å². The van der Waals surface area contributed by atoms with Crippen molar-refractivity contribution < 1.29 is 8.78 Å². The molecule has 2 heterocycles. The SMILES string of the molecule is CC1CN=C(c2cc3c(C=Cc4ccc(F)cc4)n[nH]c3cc2F)N1. The normalized spacial score (nSPS) is 17.2. The maximum atomic E-state index is 14.4. The lowest BCUT2D eigenvalue weighted by Crippen LogP contribution is -2.28. The summed E-state index contributed by atoms with van der Waals surface area (Å²) in [6.07, 6.45) is 3.66. The van der Waals surface area contributed by atoms with E-state index in [1.54, 1.807) is 18.2 Å². The van der Waals surface area contributed by atoms with E-state index in [-0.39, 0.29) is 17.7 Å². The third kappa shape index (κ3) is 3.03. The van der Waals surface area contributed by atoms with E-state index in [9.17, 15) is 8.78 Å². The second-order valence-electron chi connectivity index (χ2n) is 6.11. The van der Waals surface area contributed by atoms with Crippen LogP contribution >= 0.6 is 0 Å². The van der Waals surface area contributed by atoms with E-state index >= 15 is 0 Å². The Morgan fingerprint density at radius 2 is 1.92 bits per heavy atom. The molecular weight excluding hydrogens is 322 g/mol. The molecule has 25 heavy (non-hydrogen) atoms. The van der Waals surface area contributed by atoms with Crippen LogP contribution in [0.4, 0.5) is 8.78 Å². The van der Waals surface area contributed by atoms with Gasteiger partial charge in [0.25, 0.3) is 0 Å². The van der Waals surface area contributed by atoms with Gasteiger partial charge in [0.2, 0.25) is 0 Å². The molecule has 1 aromatic heterocycles. The van der Waals surface area contributed by atoms with Gasteiger partial charge in [0, 0.05) is 17.5 Å². The third-order valence-corrected chi connectivity index (χ3v) is 4.15. The highest BCUT2D eigenvalue weighted by atomic mass is 19.1. The fourth-order valence-corrected chi connectivity index (χ4v) is 2.83. The quantitative estimate of drug-likeness (QED) is 0.764. The molecule has 4 nitrogen and oxygen atoms in total. The summed E-state index contributed by atoms with van der Waals surface area (Å²) in [5.74, 6) is -0.0475. The Labute approximate surface area is 143 Å². The number of rotatable bonds is 3. The van der Waals surface area contributed by atoms with Gasteiger partial charge in [-0.25, -0.2) is 8.78 Å². The lowest BCUT2D eigenvalue weighted by molar-refractivity contribution is 0.625. The van der Waals surface area contributed by atoms with Crippen molar-refractivity contribution in [3.8, 4) is 0 Å². The van der Waals surface area contributed by atoms with E-state index in [0.29, 0.717) is 29.2 Å². The summed E-state index contributed by atoms with van der Waals surface area (Å²) in [7, 11) is 0. The van der Waals surface area contributed by atoms with Gasteiger partial charge < -0.3 is 5.32 Å². The molecule has 2 aromatic carbocycles. The molecule has 0 fully saturated rings. The number of halogens is 2. The monoisotopic (exact) mass is 338 g/mol. The Kier molecular flexibility index (Phi) is 3.80. The van der Waals surface area contributed by atoms with E-state index < -0.39 is 0 Å². The first-order valence-electron chi connectivity index (χ1n) is 8.03. The molecule has 0 spiro atoms. The molecule has 0 amide bonds. The summed E-state index contributed by atoms with van der Waals surface area (Å²) in [5.41, 5.74) is 2.60. The first kappa shape index (κ1) is 15.5. The average molecular weight is 338 g/mol. The fourth-order valence-electron chi connectivity index (χ4n) is 2.83. The predicted molar refractivity (Wildman–Crippen MR) is 95.4 cm³/mol. The molecule has 0 aliphatic carbocycles. The summed E-state index contributed by atoms with van der Waals surface area (Å²) in [4.78, 5) is 4.35. The molecule has 1 atom stereocenters. The van der Waals surface area contributed by atoms with Crippen LogP contribution in [-0.4, -0.2) is 28.6 Å². The zero-order chi connectivity index (χ0) is 17.4. The third-order valence-electron chi connectivity index (χ3n) is 4.15. The highest BCUT2D eigenvalue weighted by molar-refractivity contribution is 6.04. The summed E-state index contributed by atoms with van der Waals surface area (Å²) in [5, 5.41) is 11.1. The van der Waals surface area contributed by atoms with Gasteiger partial charge in [0.1, 0.15) is 17.5 Å². The molecule has 1 unspecified atom stereocenters. The van der Waals surface area contributed by atoms with Crippen molar-refractivity contribution in [1.82, 2.24) is 15.5 Å². The van der Waals surface area contributed by atoms with Crippen LogP contribution in [0.2, 0.25) is 0 Å². The van der Waals surface area contributed by atoms with Gasteiger partial charge in [0.05, 0.1) is 23.3 Å². The van der Waals surface area contributed by atoms with Gasteiger partial charge in [0.15, 0.2) is 0 Å². The van der Waals surface area contributed by atoms with Crippen LogP contribution < -0.4 is 5.32 Å². The molecule has 126 valence electrons. The Morgan fingerprint density at radius 3 is 2.64 bits per heavy atom. The minimum absolute atomic E-state index is 0.201. The largest absolute Gasteiger partial charge is 0.365 e. The number of benzene rings is 2. The fraction of sp³-hybridized carbons (Fsp3) is 0.158. The summed E-state index contributed by atoms with van der Waals surface area (Å²) in [6.45, 7) is 2.64. The zero-order valence-corrected chi connectivity index (χ0v) is 13.6. The second kappa shape index (κ2) is 6.12. The van der Waals surface area contributed by atoms with E-state index in [1.807, 2.05) is 19.1 Å². The van der Waals surface area contributed by atoms with Crippen LogP contribution in [0.5, 0.6) is 0 Å². The van der Waals surface area contributed by atoms with Crippen LogP contribution in [0.1, 0.15) is 23.7 Å². The van der Waals surface area contributed by atoms with E-state index in [2.05, 4.69) is 20.5 Å². The number of H-pyrrole nitrogens is 1. The number of fused-ring (bicyclic) bond motifs is 1. The molecule has 6 heteroatoms. The van der Waals surface area contributed by atoms with Crippen molar-refractivity contribution in [3.63, 3.8) is 0 Å². The minimum atomic E-state index is -0.342. The molecule has 1 aliphatic rings. The van der Waals surface area contributed by atoms with Crippen molar-refractivity contribution in [2.75, 3.05) is 6.54 Å². The number of hydrogen-bond acceptors (Lipinski definition) is 3. The van der Waals surface area contributed by atoms with E-state index in [1.165, 1.54) is 18.2 Å². The van der Waals surface area contributed by atoms with Crippen molar-refractivity contribution in [3.05, 3.63) is 64.9 Å². The summed E-state index contributed by atoms with van der Waals surface area (Å²) < 4.78 is 27.3. The van der Waals surface area contributed by atoms with Gasteiger partial charge in [-0.3, -0.25) is 10.1 Å². The van der Waals surface area contributed by atoms with Crippen LogP contribution in [0.3, 0.4) is 0 Å². The van der Waals surface area contributed by atoms with Gasteiger partial charge in [-0.05, 0) is 36.8 Å². The lowest BCUT2D eigenvalue weighted by Gasteiger charge is -2.07. The Bertz CT molecular complexity index is 987. The van der Waals surface area contributed by atoms with Crippen LogP contribution in [-0.2, 0) is 0 Å². The standard InChI is InChI=1S/C19H16F2N4/c1-11-10-22-19(23-11)14-8-15-17(24-25-18(15)9-16(14)21)7-4-12-2-5-13(20)6-3-12/h2-9,11H,10H2,1H3,(H,22,23)(H,24,25). The summed E-state index contributed by atoms with van der Waals surface area (Å²) >= 11 is 0. The molecule has 0 saturated heterocycles. The molecule has 4 rings (SSSR count). The van der Waals surface area contributed by atoms with Gasteiger partial charge in [-0.1, -0.05) is 18.2 Å². The highest BCUT2D eigenvalue weighted by Crippen LogP contribution is 2.23. The maximum Gasteiger partial charge on any atom is 0.136 e. The number of aromatic nitrogens is 2. The number of aromatic amines is 1. The first-order chi connectivity index (χ1) is 12.1. The van der Waals surface area contributed by atoms with Crippen LogP contribution in [0.25, 0.3) is 23.1 Å². The zero-order valence-electron chi connectivity index (χ0n) is 13.6. The Morgan fingerprint density at radius 1 is 1.12 bits per heavy atom. The van der Waals surface area contributed by atoms with Crippen molar-refractivity contribution >= 4 is 28.9 Å². The predicted octanol–water partition coefficient (Wildman–Crippen LogP) is 3.75. The molecule has 2 N–H and O–H groups in total. The molecule has 0 bridgehead atoms. The van der Waals surface area contributed by atoms with E-state index in [0.717, 1.165) is 10.9 Å². The molecule has 0 saturated carbocycles. The average Bonchev–Trinajstić information content (AvgIpc) is 3.19. The summed E-state index contributed by atoms with van der Waals surface area (Å²) in [6, 6.07) is 9.56. The number of aliphatic imine (C=N–C) groups is 1. The number of nitrogens with zero attached hydrogens (tertiary/aromatic N) is 2. The number of hydrogen-bond donors (Lipinski definition) is 2. The first-order valence-corrected chi connectivity index (χ1v) is 8.03. The highest BCUT2D eigenvalue weighted by Gasteiger charge is 2.19. The van der Waals surface area contributed by atoms with Gasteiger partial charge in [-0.2, -0.15) is 5.10 Å². The van der Waals surface area contributed by atoms with Crippen LogP contribution in [0.15, 0.2) is 41.4 Å². The Balaban J connectivity index is 1.71. The number of amidine groups is 1. The van der Waals surface area contributed by atoms with Crippen molar-refractivity contribution in [2.45, 2.75) is 13.0 Å². The molecule has 3 aromatic rings. The molecule has 1 aliphatic heterocycles. The minimum Gasteiger partial charge on any atom is -0.365 e. The topological polar surface area (TPSA) is 53.1 Å². The molecule has 0 radical (unpaired) electrons. The Hall–Kier alpha value is -3.02. The van der Waals surface area contributed by atoms with Crippen molar-refractivity contribution in [1.29, 1.82) is 0 Å².